The summed E-state index contributed by atoms with van der Waals surface area (Å²) >= 11 is 0. The highest BCUT2D eigenvalue weighted by molar-refractivity contribution is 6.25. The Kier molecular flexibility index (Phi) is 6.88. The fraction of sp³-hybridized carbons (Fsp3) is 0.182. The van der Waals surface area contributed by atoms with Gasteiger partial charge in [0.05, 0.1) is 12.3 Å². The van der Waals surface area contributed by atoms with Gasteiger partial charge in [-0.05, 0) is 53.6 Å². The number of amides is 2. The van der Waals surface area contributed by atoms with Crippen LogP contribution in [0.2, 0.25) is 0 Å². The van der Waals surface area contributed by atoms with Crippen LogP contribution in [0.4, 0.5) is 5.69 Å². The Morgan fingerprint density at radius 1 is 0.925 bits per heavy atom. The number of hydrogen-bond donors (Lipinski definition) is 1. The number of anilines is 1. The molecular formula is C33H28N2O5. The van der Waals surface area contributed by atoms with Crippen molar-refractivity contribution in [2.75, 3.05) is 18.1 Å². The third kappa shape index (κ3) is 4.54. The molecule has 2 aliphatic rings. The number of carbonyl (C=O) groups excluding carboxylic acids is 2. The van der Waals surface area contributed by atoms with Crippen LogP contribution in [-0.2, 0) is 16.0 Å². The van der Waals surface area contributed by atoms with E-state index in [1.54, 1.807) is 30.3 Å². The number of ether oxygens (including phenoxy) is 2. The molecule has 6 rings (SSSR count). The molecule has 0 aromatic heterocycles. The van der Waals surface area contributed by atoms with E-state index in [0.29, 0.717) is 41.5 Å². The van der Waals surface area contributed by atoms with Gasteiger partial charge in [0.15, 0.2) is 11.6 Å². The fourth-order valence-corrected chi connectivity index (χ4v) is 5.28. The van der Waals surface area contributed by atoms with Gasteiger partial charge in [-0.3, -0.25) is 9.59 Å². The van der Waals surface area contributed by atoms with E-state index in [1.165, 1.54) is 4.90 Å². The van der Waals surface area contributed by atoms with E-state index in [2.05, 4.69) is 0 Å². The van der Waals surface area contributed by atoms with Crippen LogP contribution in [0.25, 0.3) is 0 Å². The number of aliphatic hydroxyl groups is 1. The summed E-state index contributed by atoms with van der Waals surface area (Å²) in [5.74, 6) is 0.160. The van der Waals surface area contributed by atoms with Crippen molar-refractivity contribution in [3.63, 3.8) is 0 Å². The Balaban J connectivity index is 1.45. The van der Waals surface area contributed by atoms with Gasteiger partial charge in [0.1, 0.15) is 5.75 Å². The zero-order valence-electron chi connectivity index (χ0n) is 21.8. The molecule has 1 spiro atoms. The lowest BCUT2D eigenvalue weighted by Gasteiger charge is -2.39. The molecule has 2 amide bonds. The highest BCUT2D eigenvalue weighted by atomic mass is 16.5. The van der Waals surface area contributed by atoms with Crippen LogP contribution >= 0.6 is 0 Å². The van der Waals surface area contributed by atoms with E-state index in [-0.39, 0.29) is 13.0 Å². The smallest absolute Gasteiger partial charge is 0.266 e. The lowest BCUT2D eigenvalue weighted by molar-refractivity contribution is -0.126. The summed E-state index contributed by atoms with van der Waals surface area (Å²) in [6.07, 6.45) is 0.0863. The van der Waals surface area contributed by atoms with Crippen LogP contribution < -0.4 is 9.64 Å². The number of aliphatic imine (C=N–C) groups is 1. The van der Waals surface area contributed by atoms with Crippen LogP contribution in [0.1, 0.15) is 39.6 Å². The molecule has 0 bridgehead atoms. The van der Waals surface area contributed by atoms with Crippen molar-refractivity contribution in [2.45, 2.75) is 24.5 Å². The van der Waals surface area contributed by atoms with Crippen LogP contribution in [-0.4, -0.2) is 41.6 Å². The summed E-state index contributed by atoms with van der Waals surface area (Å²) < 4.78 is 12.2. The van der Waals surface area contributed by atoms with Crippen LogP contribution in [0.15, 0.2) is 114 Å². The highest BCUT2D eigenvalue weighted by Crippen LogP contribution is 2.48. The zero-order chi connectivity index (χ0) is 27.5. The third-order valence-electron chi connectivity index (χ3n) is 7.23. The normalized spacial score (nSPS) is 19.6. The van der Waals surface area contributed by atoms with Gasteiger partial charge in [0, 0.05) is 30.6 Å². The van der Waals surface area contributed by atoms with Crippen molar-refractivity contribution < 1.29 is 24.2 Å². The maximum Gasteiger partial charge on any atom is 0.266 e. The molecule has 7 heteroatoms. The lowest BCUT2D eigenvalue weighted by Crippen LogP contribution is -2.57. The highest BCUT2D eigenvalue weighted by Gasteiger charge is 2.58. The van der Waals surface area contributed by atoms with E-state index >= 15 is 0 Å². The molecule has 2 atom stereocenters. The minimum Gasteiger partial charge on any atom is -0.494 e. The van der Waals surface area contributed by atoms with Crippen LogP contribution in [0, 0.1) is 0 Å². The minimum atomic E-state index is -1.38. The maximum absolute atomic E-state index is 14.6. The van der Waals surface area contributed by atoms with E-state index < -0.39 is 23.5 Å². The van der Waals surface area contributed by atoms with Gasteiger partial charge in [-0.25, -0.2) is 9.89 Å². The second kappa shape index (κ2) is 10.8. The van der Waals surface area contributed by atoms with Gasteiger partial charge in [-0.1, -0.05) is 66.7 Å². The number of fused-ring (bicyclic) bond motifs is 1. The Morgan fingerprint density at radius 2 is 1.60 bits per heavy atom. The molecule has 4 aromatic rings. The molecule has 4 aromatic carbocycles. The van der Waals surface area contributed by atoms with Gasteiger partial charge < -0.3 is 14.6 Å². The molecule has 1 N–H and O–H groups in total. The summed E-state index contributed by atoms with van der Waals surface area (Å²) in [7, 11) is 0. The Labute approximate surface area is 232 Å². The van der Waals surface area contributed by atoms with Crippen molar-refractivity contribution in [3.05, 3.63) is 131 Å². The number of carbonyl (C=O) groups is 2. The van der Waals surface area contributed by atoms with Gasteiger partial charge in [-0.2, -0.15) is 0 Å². The first-order valence-electron chi connectivity index (χ1n) is 13.3. The number of imide groups is 1. The molecule has 0 aliphatic carbocycles. The first-order valence-corrected chi connectivity index (χ1v) is 13.3. The average molecular weight is 533 g/mol. The van der Waals surface area contributed by atoms with Crippen LogP contribution in [0.5, 0.6) is 5.75 Å². The topological polar surface area (TPSA) is 88.4 Å². The summed E-state index contributed by atoms with van der Waals surface area (Å²) in [5, 5.41) is 9.01. The molecule has 200 valence electrons. The second-order valence-electron chi connectivity index (χ2n) is 9.82. The lowest BCUT2D eigenvalue weighted by atomic mass is 9.78. The standard InChI is InChI=1S/C33H28N2O5/c36-20-9-21-39-27-18-16-24(17-19-27)30-34-33(29(40-30)23-10-3-1-4-11-23)22-26-14-7-8-15-28(26)35(32(33)38)31(37)25-12-5-2-6-13-25/h1-8,10-19,29,36H,9,20-22H2/t29-,33-/m0/s1. The zero-order valence-corrected chi connectivity index (χ0v) is 21.8. The van der Waals surface area contributed by atoms with E-state index in [9.17, 15) is 9.59 Å². The molecule has 40 heavy (non-hydrogen) atoms. The predicted molar refractivity (Wildman–Crippen MR) is 152 cm³/mol. The van der Waals surface area contributed by atoms with Gasteiger partial charge in [0.25, 0.3) is 11.8 Å². The van der Waals surface area contributed by atoms with Crippen molar-refractivity contribution >= 4 is 23.4 Å². The van der Waals surface area contributed by atoms with Gasteiger partial charge in [-0.15, -0.1) is 0 Å². The van der Waals surface area contributed by atoms with Crippen molar-refractivity contribution in [1.82, 2.24) is 0 Å². The monoisotopic (exact) mass is 532 g/mol. The van der Waals surface area contributed by atoms with Crippen molar-refractivity contribution in [2.24, 2.45) is 4.99 Å². The summed E-state index contributed by atoms with van der Waals surface area (Å²) in [4.78, 5) is 34.7. The first-order chi connectivity index (χ1) is 19.6. The molecule has 7 nitrogen and oxygen atoms in total. The number of benzene rings is 4. The molecule has 2 heterocycles. The molecule has 0 saturated heterocycles. The Hall–Kier alpha value is -4.75. The molecule has 0 radical (unpaired) electrons. The molecular weight excluding hydrogens is 504 g/mol. The Bertz CT molecular complexity index is 1550. The first kappa shape index (κ1) is 25.5. The second-order valence-corrected chi connectivity index (χ2v) is 9.82. The molecule has 2 aliphatic heterocycles. The number of para-hydroxylation sites is 1. The number of aliphatic hydroxyl groups excluding tert-OH is 1. The number of rotatable bonds is 7. The van der Waals surface area contributed by atoms with Gasteiger partial charge in [0.2, 0.25) is 5.90 Å². The third-order valence-corrected chi connectivity index (χ3v) is 7.23. The van der Waals surface area contributed by atoms with Crippen molar-refractivity contribution in [1.29, 1.82) is 0 Å². The summed E-state index contributed by atoms with van der Waals surface area (Å²) in [6.45, 7) is 0.471. The van der Waals surface area contributed by atoms with E-state index in [4.69, 9.17) is 19.6 Å². The maximum atomic E-state index is 14.6. The van der Waals surface area contributed by atoms with E-state index in [0.717, 1.165) is 11.1 Å². The fourth-order valence-electron chi connectivity index (χ4n) is 5.28. The quantitative estimate of drug-likeness (QED) is 0.263. The largest absolute Gasteiger partial charge is 0.494 e. The SMILES string of the molecule is O=C(c1ccccc1)N1C(=O)[C@@]2(Cc3ccccc31)N=C(c1ccc(OCCCO)cc1)O[C@H]2c1ccccc1. The van der Waals surface area contributed by atoms with Crippen molar-refractivity contribution in [3.8, 4) is 5.75 Å². The van der Waals surface area contributed by atoms with Gasteiger partial charge >= 0.3 is 0 Å². The van der Waals surface area contributed by atoms with Crippen LogP contribution in [0.3, 0.4) is 0 Å². The number of hydrogen-bond acceptors (Lipinski definition) is 6. The molecule has 0 saturated carbocycles. The molecule has 0 fully saturated rings. The number of nitrogens with zero attached hydrogens (tertiary/aromatic N) is 2. The minimum absolute atomic E-state index is 0.0621. The predicted octanol–water partition coefficient (Wildman–Crippen LogP) is 5.13. The van der Waals surface area contributed by atoms with E-state index in [1.807, 2.05) is 78.9 Å². The summed E-state index contributed by atoms with van der Waals surface area (Å²) in [6, 6.07) is 33.1. The average Bonchev–Trinajstić information content (AvgIpc) is 3.39. The summed E-state index contributed by atoms with van der Waals surface area (Å²) in [5.41, 5.74) is 1.93. The Morgan fingerprint density at radius 3 is 2.33 bits per heavy atom. The molecule has 0 unspecified atom stereocenters.